The maximum atomic E-state index is 10.6. The molecular formula is C20H27N5O2. The number of aliphatic hydroxyl groups excluding tert-OH is 1. The van der Waals surface area contributed by atoms with E-state index >= 15 is 0 Å². The summed E-state index contributed by atoms with van der Waals surface area (Å²) in [4.78, 5) is 15.7. The van der Waals surface area contributed by atoms with E-state index in [1.165, 1.54) is 5.56 Å². The maximum absolute atomic E-state index is 10.6. The van der Waals surface area contributed by atoms with Crippen LogP contribution in [0.15, 0.2) is 42.6 Å². The van der Waals surface area contributed by atoms with Gasteiger partial charge in [0.2, 0.25) is 11.8 Å². The van der Waals surface area contributed by atoms with Gasteiger partial charge in [0.1, 0.15) is 0 Å². The molecule has 2 atom stereocenters. The van der Waals surface area contributed by atoms with Crippen LogP contribution in [0, 0.1) is 0 Å². The van der Waals surface area contributed by atoms with Gasteiger partial charge in [0.25, 0.3) is 0 Å². The maximum Gasteiger partial charge on any atom is 0.228 e. The highest BCUT2D eigenvalue weighted by Gasteiger charge is 2.36. The lowest BCUT2D eigenvalue weighted by atomic mass is 10.1. The molecule has 2 aliphatic rings. The minimum absolute atomic E-state index is 0.196. The fraction of sp³-hybridized carbons (Fsp3) is 0.500. The molecule has 2 aliphatic heterocycles. The molecule has 2 fully saturated rings. The number of piperazine rings is 1. The molecule has 0 amide bonds. The first kappa shape index (κ1) is 18.2. The minimum Gasteiger partial charge on any atom is -0.481 e. The number of anilines is 1. The summed E-state index contributed by atoms with van der Waals surface area (Å²) in [5.74, 6) is 1.30. The average Bonchev–Trinajstić information content (AvgIpc) is 3.09. The summed E-state index contributed by atoms with van der Waals surface area (Å²) in [6.45, 7) is 6.06. The number of hydrogen-bond acceptors (Lipinski definition) is 7. The van der Waals surface area contributed by atoms with Crippen molar-refractivity contribution < 1.29 is 9.84 Å². The van der Waals surface area contributed by atoms with E-state index in [4.69, 9.17) is 4.74 Å². The highest BCUT2D eigenvalue weighted by molar-refractivity contribution is 5.32. The van der Waals surface area contributed by atoms with Crippen molar-refractivity contribution in [1.29, 1.82) is 0 Å². The van der Waals surface area contributed by atoms with Crippen molar-refractivity contribution in [2.75, 3.05) is 51.3 Å². The molecule has 1 aromatic heterocycles. The molecule has 1 N–H and O–H groups in total. The van der Waals surface area contributed by atoms with Gasteiger partial charge < -0.3 is 14.7 Å². The summed E-state index contributed by atoms with van der Waals surface area (Å²) < 4.78 is 5.20. The van der Waals surface area contributed by atoms with E-state index in [1.807, 2.05) is 6.07 Å². The Morgan fingerprint density at radius 3 is 2.59 bits per heavy atom. The molecule has 0 radical (unpaired) electrons. The first-order chi connectivity index (χ1) is 13.2. The zero-order valence-corrected chi connectivity index (χ0v) is 15.7. The van der Waals surface area contributed by atoms with Gasteiger partial charge in [0, 0.05) is 64.1 Å². The Balaban J connectivity index is 1.32. The van der Waals surface area contributed by atoms with E-state index in [9.17, 15) is 5.11 Å². The summed E-state index contributed by atoms with van der Waals surface area (Å²) in [5, 5.41) is 10.6. The van der Waals surface area contributed by atoms with Crippen molar-refractivity contribution >= 4 is 5.95 Å². The third-order valence-electron chi connectivity index (χ3n) is 5.48. The second-order valence-electron chi connectivity index (χ2n) is 7.24. The van der Waals surface area contributed by atoms with E-state index in [-0.39, 0.29) is 12.1 Å². The molecule has 2 saturated heterocycles. The van der Waals surface area contributed by atoms with E-state index in [1.54, 1.807) is 19.4 Å². The van der Waals surface area contributed by atoms with Crippen LogP contribution in [0.3, 0.4) is 0 Å². The molecule has 144 valence electrons. The number of nitrogens with zero attached hydrogens (tertiary/aromatic N) is 5. The van der Waals surface area contributed by atoms with E-state index in [0.717, 1.165) is 45.8 Å². The average molecular weight is 369 g/mol. The number of likely N-dealkylation sites (tertiary alicyclic amines) is 1. The van der Waals surface area contributed by atoms with Crippen molar-refractivity contribution in [3.63, 3.8) is 0 Å². The summed E-state index contributed by atoms with van der Waals surface area (Å²) in [5.41, 5.74) is 1.30. The van der Waals surface area contributed by atoms with Gasteiger partial charge in [-0.1, -0.05) is 30.3 Å². The fourth-order valence-electron chi connectivity index (χ4n) is 4.03. The van der Waals surface area contributed by atoms with Crippen LogP contribution in [0.5, 0.6) is 5.88 Å². The van der Waals surface area contributed by atoms with Crippen LogP contribution in [0.2, 0.25) is 0 Å². The molecule has 0 aliphatic carbocycles. The van der Waals surface area contributed by atoms with Gasteiger partial charge in [-0.3, -0.25) is 9.80 Å². The van der Waals surface area contributed by atoms with Crippen LogP contribution >= 0.6 is 0 Å². The number of rotatable bonds is 5. The highest BCUT2D eigenvalue weighted by atomic mass is 16.5. The summed E-state index contributed by atoms with van der Waals surface area (Å²) in [6.07, 6.45) is 1.43. The lowest BCUT2D eigenvalue weighted by Gasteiger charge is -2.38. The smallest absolute Gasteiger partial charge is 0.228 e. The summed E-state index contributed by atoms with van der Waals surface area (Å²) >= 11 is 0. The second-order valence-corrected chi connectivity index (χ2v) is 7.24. The molecular weight excluding hydrogens is 342 g/mol. The molecule has 0 bridgehead atoms. The largest absolute Gasteiger partial charge is 0.481 e. The number of methoxy groups -OCH3 is 1. The third-order valence-corrected chi connectivity index (χ3v) is 5.48. The number of aliphatic hydroxyl groups is 1. The van der Waals surface area contributed by atoms with Crippen LogP contribution in [0.1, 0.15) is 5.56 Å². The summed E-state index contributed by atoms with van der Waals surface area (Å²) in [7, 11) is 1.62. The standard InChI is InChI=1S/C20H27N5O2/c1-27-19-7-8-21-20(22-19)25-11-9-24(10-12-25)17-14-23(15-18(17)26)13-16-5-3-2-4-6-16/h2-8,17-18,26H,9-15H2,1H3/t17-,18-/m1/s1. The number of hydrogen-bond donors (Lipinski definition) is 1. The zero-order valence-electron chi connectivity index (χ0n) is 15.7. The van der Waals surface area contributed by atoms with Gasteiger partial charge in [-0.25, -0.2) is 4.98 Å². The Kier molecular flexibility index (Phi) is 5.52. The number of aromatic nitrogens is 2. The van der Waals surface area contributed by atoms with E-state index in [2.05, 4.69) is 48.9 Å². The predicted molar refractivity (Wildman–Crippen MR) is 104 cm³/mol. The quantitative estimate of drug-likeness (QED) is 0.838. The van der Waals surface area contributed by atoms with Crippen LogP contribution < -0.4 is 9.64 Å². The van der Waals surface area contributed by atoms with Crippen LogP contribution in [-0.4, -0.2) is 83.4 Å². The molecule has 7 nitrogen and oxygen atoms in total. The first-order valence-electron chi connectivity index (χ1n) is 9.53. The lowest BCUT2D eigenvalue weighted by molar-refractivity contribution is 0.0789. The summed E-state index contributed by atoms with van der Waals surface area (Å²) in [6, 6.07) is 12.4. The van der Waals surface area contributed by atoms with Gasteiger partial charge >= 0.3 is 0 Å². The molecule has 0 saturated carbocycles. The monoisotopic (exact) mass is 369 g/mol. The molecule has 0 spiro atoms. The number of ether oxygens (including phenoxy) is 1. The number of β-amino-alcohol motifs (C(OH)–C–C–N with tert-alkyl or cyclic N) is 1. The highest BCUT2D eigenvalue weighted by Crippen LogP contribution is 2.21. The van der Waals surface area contributed by atoms with Crippen molar-refractivity contribution in [2.24, 2.45) is 0 Å². The molecule has 27 heavy (non-hydrogen) atoms. The molecule has 1 aromatic carbocycles. The van der Waals surface area contributed by atoms with Gasteiger partial charge in [-0.15, -0.1) is 0 Å². The predicted octanol–water partition coefficient (Wildman–Crippen LogP) is 0.852. The van der Waals surface area contributed by atoms with Crippen molar-refractivity contribution in [2.45, 2.75) is 18.7 Å². The Labute approximate surface area is 160 Å². The number of benzene rings is 1. The minimum atomic E-state index is -0.298. The third kappa shape index (κ3) is 4.21. The Hall–Kier alpha value is -2.22. The van der Waals surface area contributed by atoms with Crippen LogP contribution in [-0.2, 0) is 6.54 Å². The Bertz CT molecular complexity index is 736. The first-order valence-corrected chi connectivity index (χ1v) is 9.53. The van der Waals surface area contributed by atoms with Gasteiger partial charge in [0.15, 0.2) is 0 Å². The molecule has 3 heterocycles. The van der Waals surface area contributed by atoms with Crippen LogP contribution in [0.25, 0.3) is 0 Å². The van der Waals surface area contributed by atoms with Gasteiger partial charge in [-0.05, 0) is 5.56 Å². The molecule has 7 heteroatoms. The fourth-order valence-corrected chi connectivity index (χ4v) is 4.03. The van der Waals surface area contributed by atoms with Crippen molar-refractivity contribution in [1.82, 2.24) is 19.8 Å². The molecule has 0 unspecified atom stereocenters. The van der Waals surface area contributed by atoms with E-state index in [0.29, 0.717) is 11.8 Å². The Morgan fingerprint density at radius 1 is 1.07 bits per heavy atom. The topological polar surface area (TPSA) is 65.0 Å². The second kappa shape index (κ2) is 8.21. The molecule has 2 aromatic rings. The van der Waals surface area contributed by atoms with Crippen molar-refractivity contribution in [3.8, 4) is 5.88 Å². The van der Waals surface area contributed by atoms with Gasteiger partial charge in [-0.2, -0.15) is 4.98 Å². The van der Waals surface area contributed by atoms with Crippen LogP contribution in [0.4, 0.5) is 5.95 Å². The van der Waals surface area contributed by atoms with Crippen molar-refractivity contribution in [3.05, 3.63) is 48.2 Å². The Morgan fingerprint density at radius 2 is 1.85 bits per heavy atom. The van der Waals surface area contributed by atoms with E-state index < -0.39 is 0 Å². The van der Waals surface area contributed by atoms with Gasteiger partial charge in [0.05, 0.1) is 13.2 Å². The SMILES string of the molecule is COc1ccnc(N2CCN([C@@H]3CN(Cc4ccccc4)C[C@H]3O)CC2)n1. The zero-order chi connectivity index (χ0) is 18.6. The lowest BCUT2D eigenvalue weighted by Crippen LogP contribution is -2.54. The normalized spacial score (nSPS) is 24.3. The molecule has 4 rings (SSSR count).